The molecular weight excluding hydrogens is 453 g/mol. The largest absolute Gasteiger partial charge is 0.322 e. The van der Waals surface area contributed by atoms with Crippen molar-refractivity contribution in [3.05, 3.63) is 110 Å². The quantitative estimate of drug-likeness (QED) is 0.359. The highest BCUT2D eigenvalue weighted by Gasteiger charge is 2.42. The first-order chi connectivity index (χ1) is 15.0. The van der Waals surface area contributed by atoms with Gasteiger partial charge in [0.2, 0.25) is 0 Å². The molecule has 1 aromatic heterocycles. The Morgan fingerprint density at radius 1 is 0.871 bits per heavy atom. The van der Waals surface area contributed by atoms with Gasteiger partial charge in [-0.3, -0.25) is 9.89 Å². The average Bonchev–Trinajstić information content (AvgIpc) is 3.31. The van der Waals surface area contributed by atoms with Gasteiger partial charge in [0.1, 0.15) is 5.69 Å². The predicted molar refractivity (Wildman–Crippen MR) is 124 cm³/mol. The van der Waals surface area contributed by atoms with Gasteiger partial charge in [-0.15, -0.1) is 0 Å². The fraction of sp³-hybridized carbons (Fsp3) is 0.0833. The third-order valence-corrected chi connectivity index (χ3v) is 6.30. The fourth-order valence-corrected chi connectivity index (χ4v) is 4.49. The van der Waals surface area contributed by atoms with Crippen LogP contribution >= 0.6 is 34.8 Å². The summed E-state index contributed by atoms with van der Waals surface area (Å²) in [7, 11) is 0. The van der Waals surface area contributed by atoms with Gasteiger partial charge in [-0.05, 0) is 41.5 Å². The Balaban J connectivity index is 1.65. The number of aromatic amines is 1. The van der Waals surface area contributed by atoms with Crippen LogP contribution in [0.3, 0.4) is 0 Å². The molecule has 7 heteroatoms. The first-order valence-electron chi connectivity index (χ1n) is 9.67. The number of nitrogens with one attached hydrogen (secondary N) is 1. The van der Waals surface area contributed by atoms with E-state index in [9.17, 15) is 4.79 Å². The molecule has 5 rings (SSSR count). The van der Waals surface area contributed by atoms with Gasteiger partial charge >= 0.3 is 0 Å². The molecule has 1 amide bonds. The summed E-state index contributed by atoms with van der Waals surface area (Å²) in [4.78, 5) is 15.2. The smallest absolute Gasteiger partial charge is 0.273 e. The molecule has 0 spiro atoms. The van der Waals surface area contributed by atoms with Crippen molar-refractivity contribution in [3.8, 4) is 11.3 Å². The molecular formula is C24H16Cl3N3O. The minimum Gasteiger partial charge on any atom is -0.322 e. The van der Waals surface area contributed by atoms with E-state index in [0.717, 1.165) is 22.3 Å². The van der Waals surface area contributed by atoms with Crippen LogP contribution in [0.1, 0.15) is 33.2 Å². The van der Waals surface area contributed by atoms with Crippen LogP contribution in [-0.4, -0.2) is 21.0 Å². The standard InChI is InChI=1S/C24H16Cl3N3O/c25-16-9-5-14(6-10-16)13-30-23(18-3-1-2-4-19(18)27)20-21(28-29-22(20)24(30)31)15-7-11-17(26)12-8-15/h1-12,23H,13H2,(H,28,29). The maximum atomic E-state index is 13.4. The number of carbonyl (C=O) groups is 1. The summed E-state index contributed by atoms with van der Waals surface area (Å²) in [5, 5.41) is 9.31. The molecule has 1 aliphatic heterocycles. The third kappa shape index (κ3) is 3.61. The number of H-pyrrole nitrogens is 1. The second-order valence-electron chi connectivity index (χ2n) is 7.35. The van der Waals surface area contributed by atoms with Crippen molar-refractivity contribution >= 4 is 40.7 Å². The van der Waals surface area contributed by atoms with Gasteiger partial charge in [0.25, 0.3) is 5.91 Å². The summed E-state index contributed by atoms with van der Waals surface area (Å²) in [6.07, 6.45) is 0. The van der Waals surface area contributed by atoms with Crippen LogP contribution in [0.5, 0.6) is 0 Å². The van der Waals surface area contributed by atoms with E-state index in [0.29, 0.717) is 33.0 Å². The van der Waals surface area contributed by atoms with E-state index in [1.807, 2.05) is 77.7 Å². The van der Waals surface area contributed by atoms with Gasteiger partial charge in [0, 0.05) is 32.7 Å². The number of amides is 1. The Bertz CT molecular complexity index is 1270. The number of hydrogen-bond donors (Lipinski definition) is 1. The molecule has 0 bridgehead atoms. The van der Waals surface area contributed by atoms with E-state index in [-0.39, 0.29) is 11.9 Å². The minimum atomic E-state index is -0.378. The molecule has 0 saturated heterocycles. The average molecular weight is 469 g/mol. The second-order valence-corrected chi connectivity index (χ2v) is 8.63. The zero-order valence-corrected chi connectivity index (χ0v) is 18.4. The van der Waals surface area contributed by atoms with Crippen molar-refractivity contribution in [1.82, 2.24) is 15.1 Å². The van der Waals surface area contributed by atoms with Gasteiger partial charge in [-0.25, -0.2) is 0 Å². The van der Waals surface area contributed by atoms with Gasteiger partial charge in [-0.1, -0.05) is 77.3 Å². The third-order valence-electron chi connectivity index (χ3n) is 5.45. The minimum absolute atomic E-state index is 0.123. The molecule has 0 saturated carbocycles. The molecule has 4 nitrogen and oxygen atoms in total. The zero-order valence-electron chi connectivity index (χ0n) is 16.1. The molecule has 2 heterocycles. The Kier molecular flexibility index (Phi) is 5.22. The Morgan fingerprint density at radius 2 is 1.52 bits per heavy atom. The number of carbonyl (C=O) groups excluding carboxylic acids is 1. The lowest BCUT2D eigenvalue weighted by molar-refractivity contribution is 0.0730. The maximum absolute atomic E-state index is 13.4. The molecule has 0 radical (unpaired) electrons. The van der Waals surface area contributed by atoms with Crippen LogP contribution < -0.4 is 0 Å². The number of nitrogens with zero attached hydrogens (tertiary/aromatic N) is 2. The lowest BCUT2D eigenvalue weighted by Gasteiger charge is -2.27. The monoisotopic (exact) mass is 467 g/mol. The van der Waals surface area contributed by atoms with Crippen molar-refractivity contribution in [3.63, 3.8) is 0 Å². The second kappa shape index (κ2) is 8.04. The van der Waals surface area contributed by atoms with Crippen molar-refractivity contribution in [2.45, 2.75) is 12.6 Å². The van der Waals surface area contributed by atoms with Crippen LogP contribution in [0.15, 0.2) is 72.8 Å². The molecule has 1 aliphatic rings. The van der Waals surface area contributed by atoms with E-state index in [1.54, 1.807) is 0 Å². The number of hydrogen-bond acceptors (Lipinski definition) is 2. The zero-order chi connectivity index (χ0) is 21.5. The van der Waals surface area contributed by atoms with Crippen LogP contribution in [-0.2, 0) is 6.54 Å². The molecule has 3 aromatic carbocycles. The molecule has 4 aromatic rings. The highest BCUT2D eigenvalue weighted by atomic mass is 35.5. The number of aromatic nitrogens is 2. The summed E-state index contributed by atoms with van der Waals surface area (Å²) in [5.74, 6) is -0.123. The van der Waals surface area contributed by atoms with Crippen LogP contribution in [0.2, 0.25) is 15.1 Å². The van der Waals surface area contributed by atoms with Gasteiger partial charge in [-0.2, -0.15) is 5.10 Å². The lowest BCUT2D eigenvalue weighted by Crippen LogP contribution is -2.29. The molecule has 1 unspecified atom stereocenters. The summed E-state index contributed by atoms with van der Waals surface area (Å²) in [6.45, 7) is 0.411. The number of rotatable bonds is 4. The van der Waals surface area contributed by atoms with Gasteiger partial charge < -0.3 is 4.90 Å². The maximum Gasteiger partial charge on any atom is 0.273 e. The van der Waals surface area contributed by atoms with Crippen LogP contribution in [0.4, 0.5) is 0 Å². The van der Waals surface area contributed by atoms with Gasteiger partial charge in [0.05, 0.1) is 11.7 Å². The highest BCUT2D eigenvalue weighted by Crippen LogP contribution is 2.45. The normalized spacial score (nSPS) is 15.4. The highest BCUT2D eigenvalue weighted by molar-refractivity contribution is 6.31. The van der Waals surface area contributed by atoms with Crippen molar-refractivity contribution in [2.24, 2.45) is 0 Å². The topological polar surface area (TPSA) is 49.0 Å². The fourth-order valence-electron chi connectivity index (χ4n) is 3.99. The van der Waals surface area contributed by atoms with E-state index < -0.39 is 0 Å². The molecule has 1 atom stereocenters. The Morgan fingerprint density at radius 3 is 2.19 bits per heavy atom. The van der Waals surface area contributed by atoms with Crippen LogP contribution in [0.25, 0.3) is 11.3 Å². The number of benzene rings is 3. The summed E-state index contributed by atoms with van der Waals surface area (Å²) in [6, 6.07) is 22.1. The Hall–Kier alpha value is -2.79. The van der Waals surface area contributed by atoms with Crippen molar-refractivity contribution in [1.29, 1.82) is 0 Å². The predicted octanol–water partition coefficient (Wildman–Crippen LogP) is 6.78. The molecule has 154 valence electrons. The van der Waals surface area contributed by atoms with E-state index in [4.69, 9.17) is 34.8 Å². The lowest BCUT2D eigenvalue weighted by atomic mass is 9.96. The summed E-state index contributed by atoms with van der Waals surface area (Å²) in [5.41, 5.74) is 4.70. The summed E-state index contributed by atoms with van der Waals surface area (Å²) >= 11 is 18.7. The number of halogens is 3. The van der Waals surface area contributed by atoms with E-state index in [1.165, 1.54) is 0 Å². The molecule has 0 fully saturated rings. The van der Waals surface area contributed by atoms with Gasteiger partial charge in [0.15, 0.2) is 0 Å². The van der Waals surface area contributed by atoms with E-state index >= 15 is 0 Å². The Labute approximate surface area is 194 Å². The van der Waals surface area contributed by atoms with E-state index in [2.05, 4.69) is 10.2 Å². The van der Waals surface area contributed by atoms with Crippen molar-refractivity contribution < 1.29 is 4.79 Å². The molecule has 31 heavy (non-hydrogen) atoms. The van der Waals surface area contributed by atoms with Crippen LogP contribution in [0, 0.1) is 0 Å². The first kappa shape index (κ1) is 20.1. The molecule has 0 aliphatic carbocycles. The van der Waals surface area contributed by atoms with Crippen molar-refractivity contribution in [2.75, 3.05) is 0 Å². The number of fused-ring (bicyclic) bond motifs is 1. The first-order valence-corrected chi connectivity index (χ1v) is 10.8. The summed E-state index contributed by atoms with van der Waals surface area (Å²) < 4.78 is 0. The molecule has 1 N–H and O–H groups in total. The SMILES string of the molecule is O=C1c2[nH]nc(-c3ccc(Cl)cc3)c2C(c2ccccc2Cl)N1Cc1ccc(Cl)cc1.